The topological polar surface area (TPSA) is 146 Å². The lowest BCUT2D eigenvalue weighted by molar-refractivity contribution is -0.383. The van der Waals surface area contributed by atoms with Crippen LogP contribution in [0.4, 0.5) is 11.4 Å². The molecule has 0 aliphatic rings. The Kier molecular flexibility index (Phi) is 4.05. The first-order chi connectivity index (χ1) is 9.59. The lowest BCUT2D eigenvalue weighted by atomic mass is 10.2. The Hall–Kier alpha value is -2.75. The van der Waals surface area contributed by atoms with Crippen LogP contribution in [0.3, 0.4) is 0 Å². The predicted molar refractivity (Wildman–Crippen MR) is 67.0 cm³/mol. The van der Waals surface area contributed by atoms with E-state index in [1.807, 2.05) is 0 Å². The number of hydrogen-bond donors (Lipinski definition) is 2. The number of nitrogens with two attached hydrogens (primary N) is 1. The number of primary amides is 1. The van der Waals surface area contributed by atoms with Gasteiger partial charge in [-0.2, -0.15) is 0 Å². The van der Waals surface area contributed by atoms with Crippen molar-refractivity contribution >= 4 is 28.3 Å². The molecule has 1 aromatic heterocycles. The summed E-state index contributed by atoms with van der Waals surface area (Å²) < 4.78 is 9.49. The smallest absolute Gasteiger partial charge is 0.300 e. The van der Waals surface area contributed by atoms with Crippen LogP contribution in [0.2, 0.25) is 0 Å². The second-order valence-corrected chi connectivity index (χ2v) is 3.80. The van der Waals surface area contributed by atoms with Gasteiger partial charge in [0.1, 0.15) is 6.61 Å². The van der Waals surface area contributed by atoms with Crippen molar-refractivity contribution in [2.45, 2.75) is 0 Å². The van der Waals surface area contributed by atoms with Crippen molar-refractivity contribution in [1.29, 1.82) is 0 Å². The highest BCUT2D eigenvalue weighted by atomic mass is 16.6. The Bertz CT molecular complexity index is 640. The summed E-state index contributed by atoms with van der Waals surface area (Å²) >= 11 is 0. The van der Waals surface area contributed by atoms with E-state index in [1.165, 1.54) is 12.1 Å². The highest BCUT2D eigenvalue weighted by Gasteiger charge is 2.19. The van der Waals surface area contributed by atoms with Crippen molar-refractivity contribution < 1.29 is 19.1 Å². The standard InChI is InChI=1S/C10H11N5O5/c11-8(16)5-19-4-3-12-6-1-2-7(15(17)18)10-9(6)13-20-14-10/h1-2,12H,3-5H2,(H2,11,16). The molecule has 10 heteroatoms. The summed E-state index contributed by atoms with van der Waals surface area (Å²) in [6.45, 7) is 0.447. The largest absolute Gasteiger partial charge is 0.381 e. The first kappa shape index (κ1) is 13.7. The summed E-state index contributed by atoms with van der Waals surface area (Å²) in [7, 11) is 0. The van der Waals surface area contributed by atoms with E-state index in [-0.39, 0.29) is 29.9 Å². The van der Waals surface area contributed by atoms with Gasteiger partial charge in [-0.15, -0.1) is 0 Å². The van der Waals surface area contributed by atoms with Crippen LogP contribution in [0.15, 0.2) is 16.8 Å². The Balaban J connectivity index is 2.04. The number of amides is 1. The molecule has 0 fully saturated rings. The number of aromatic nitrogens is 2. The van der Waals surface area contributed by atoms with Gasteiger partial charge in [-0.3, -0.25) is 14.9 Å². The average molecular weight is 281 g/mol. The first-order valence-electron chi connectivity index (χ1n) is 5.59. The van der Waals surface area contributed by atoms with E-state index >= 15 is 0 Å². The number of anilines is 1. The Morgan fingerprint density at radius 2 is 2.20 bits per heavy atom. The molecule has 1 aromatic carbocycles. The third-order valence-electron chi connectivity index (χ3n) is 2.40. The van der Waals surface area contributed by atoms with Crippen molar-refractivity contribution in [2.24, 2.45) is 5.73 Å². The van der Waals surface area contributed by atoms with Gasteiger partial charge in [0.05, 0.1) is 17.2 Å². The number of nitro benzene ring substituents is 1. The summed E-state index contributed by atoms with van der Waals surface area (Å²) in [5.74, 6) is -0.552. The van der Waals surface area contributed by atoms with Crippen LogP contribution in [-0.4, -0.2) is 40.9 Å². The number of nitro groups is 1. The van der Waals surface area contributed by atoms with Crippen LogP contribution in [0.1, 0.15) is 0 Å². The Morgan fingerprint density at radius 3 is 2.90 bits per heavy atom. The molecule has 0 aliphatic carbocycles. The molecule has 2 aromatic rings. The summed E-state index contributed by atoms with van der Waals surface area (Å²) in [6.07, 6.45) is 0. The van der Waals surface area contributed by atoms with Gasteiger partial charge in [-0.1, -0.05) is 0 Å². The lowest BCUT2D eigenvalue weighted by Gasteiger charge is -2.06. The summed E-state index contributed by atoms with van der Waals surface area (Å²) in [5.41, 5.74) is 5.58. The van der Waals surface area contributed by atoms with Crippen molar-refractivity contribution in [3.63, 3.8) is 0 Å². The van der Waals surface area contributed by atoms with Gasteiger partial charge < -0.3 is 15.8 Å². The SMILES string of the molecule is NC(=O)COCCNc1ccc([N+](=O)[O-])c2nonc12. The third kappa shape index (κ3) is 2.98. The number of non-ortho nitro benzene ring substituents is 1. The van der Waals surface area contributed by atoms with Crippen molar-refractivity contribution in [1.82, 2.24) is 10.3 Å². The van der Waals surface area contributed by atoms with Crippen LogP contribution in [-0.2, 0) is 9.53 Å². The predicted octanol–water partition coefficient (Wildman–Crippen LogP) is 0.0448. The third-order valence-corrected chi connectivity index (χ3v) is 2.40. The van der Waals surface area contributed by atoms with Crippen LogP contribution in [0, 0.1) is 10.1 Å². The Morgan fingerprint density at radius 1 is 1.45 bits per heavy atom. The minimum atomic E-state index is -0.563. The first-order valence-corrected chi connectivity index (χ1v) is 5.59. The van der Waals surface area contributed by atoms with Crippen molar-refractivity contribution in [2.75, 3.05) is 25.1 Å². The van der Waals surface area contributed by atoms with E-state index in [4.69, 9.17) is 10.5 Å². The minimum Gasteiger partial charge on any atom is -0.381 e. The maximum atomic E-state index is 10.8. The number of fused-ring (bicyclic) bond motifs is 1. The maximum absolute atomic E-state index is 10.8. The van der Waals surface area contributed by atoms with E-state index in [1.54, 1.807) is 0 Å². The van der Waals surface area contributed by atoms with Gasteiger partial charge in [-0.25, -0.2) is 4.63 Å². The highest BCUT2D eigenvalue weighted by Crippen LogP contribution is 2.28. The van der Waals surface area contributed by atoms with Gasteiger partial charge in [0.25, 0.3) is 0 Å². The molecule has 0 unspecified atom stereocenters. The number of carbonyl (C=O) groups is 1. The van der Waals surface area contributed by atoms with Crippen LogP contribution in [0.25, 0.3) is 11.0 Å². The molecular formula is C10H11N5O5. The zero-order chi connectivity index (χ0) is 14.5. The zero-order valence-corrected chi connectivity index (χ0v) is 10.2. The van der Waals surface area contributed by atoms with E-state index in [9.17, 15) is 14.9 Å². The molecule has 0 spiro atoms. The number of rotatable bonds is 7. The Labute approximate surface area is 112 Å². The molecule has 0 atom stereocenters. The average Bonchev–Trinajstić information content (AvgIpc) is 2.86. The minimum absolute atomic E-state index is 0.0676. The normalized spacial score (nSPS) is 10.6. The molecule has 10 nitrogen and oxygen atoms in total. The van der Waals surface area contributed by atoms with E-state index in [0.717, 1.165) is 0 Å². The van der Waals surface area contributed by atoms with Crippen molar-refractivity contribution in [3.8, 4) is 0 Å². The van der Waals surface area contributed by atoms with Gasteiger partial charge in [0.2, 0.25) is 11.4 Å². The van der Waals surface area contributed by atoms with Gasteiger partial charge >= 0.3 is 5.69 Å². The van der Waals surface area contributed by atoms with Crippen LogP contribution >= 0.6 is 0 Å². The van der Waals surface area contributed by atoms with Gasteiger partial charge in [0, 0.05) is 12.6 Å². The number of nitrogens with one attached hydrogen (secondary N) is 1. The number of nitrogens with zero attached hydrogens (tertiary/aromatic N) is 3. The monoisotopic (exact) mass is 281 g/mol. The van der Waals surface area contributed by atoms with Gasteiger partial charge in [-0.05, 0) is 16.4 Å². The fraction of sp³-hybridized carbons (Fsp3) is 0.300. The fourth-order valence-electron chi connectivity index (χ4n) is 1.57. The van der Waals surface area contributed by atoms with E-state index in [2.05, 4.69) is 20.3 Å². The number of hydrogen-bond acceptors (Lipinski definition) is 8. The molecule has 0 radical (unpaired) electrons. The van der Waals surface area contributed by atoms with Crippen LogP contribution in [0.5, 0.6) is 0 Å². The summed E-state index contributed by atoms with van der Waals surface area (Å²) in [4.78, 5) is 20.7. The molecule has 0 saturated heterocycles. The second kappa shape index (κ2) is 5.93. The number of benzene rings is 1. The molecule has 0 bridgehead atoms. The number of ether oxygens (including phenoxy) is 1. The second-order valence-electron chi connectivity index (χ2n) is 3.80. The molecule has 2 rings (SSSR count). The quantitative estimate of drug-likeness (QED) is 0.411. The summed E-state index contributed by atoms with van der Waals surface area (Å²) in [6, 6.07) is 2.80. The van der Waals surface area contributed by atoms with Gasteiger partial charge in [0.15, 0.2) is 5.52 Å². The zero-order valence-electron chi connectivity index (χ0n) is 10.2. The van der Waals surface area contributed by atoms with E-state index < -0.39 is 10.8 Å². The fourth-order valence-corrected chi connectivity index (χ4v) is 1.57. The molecular weight excluding hydrogens is 270 g/mol. The summed E-state index contributed by atoms with van der Waals surface area (Å²) in [5, 5.41) is 20.9. The molecule has 1 heterocycles. The lowest BCUT2D eigenvalue weighted by Crippen LogP contribution is -2.20. The molecule has 0 saturated carbocycles. The molecule has 0 aliphatic heterocycles. The van der Waals surface area contributed by atoms with Crippen LogP contribution < -0.4 is 11.1 Å². The molecule has 20 heavy (non-hydrogen) atoms. The highest BCUT2D eigenvalue weighted by molar-refractivity contribution is 5.93. The van der Waals surface area contributed by atoms with E-state index in [0.29, 0.717) is 12.2 Å². The molecule has 106 valence electrons. The maximum Gasteiger partial charge on any atom is 0.300 e. The molecule has 3 N–H and O–H groups in total. The molecule has 1 amide bonds. The number of carbonyl (C=O) groups excluding carboxylic acids is 1. The van der Waals surface area contributed by atoms with Crippen molar-refractivity contribution in [3.05, 3.63) is 22.2 Å².